The summed E-state index contributed by atoms with van der Waals surface area (Å²) >= 11 is 1.58. The molecule has 3 aromatic rings. The summed E-state index contributed by atoms with van der Waals surface area (Å²) in [5.41, 5.74) is 2.28. The number of hydrogen-bond acceptors (Lipinski definition) is 5. The van der Waals surface area contributed by atoms with Crippen LogP contribution < -0.4 is 15.4 Å². The second-order valence-corrected chi connectivity index (χ2v) is 9.72. The summed E-state index contributed by atoms with van der Waals surface area (Å²) in [5.74, 6) is -0.584. The van der Waals surface area contributed by atoms with E-state index in [1.165, 1.54) is 31.2 Å². The Bertz CT molecular complexity index is 1170. The zero-order valence-corrected chi connectivity index (χ0v) is 18.8. The van der Waals surface area contributed by atoms with Gasteiger partial charge in [0.25, 0.3) is 5.91 Å². The molecule has 0 fully saturated rings. The quantitative estimate of drug-likeness (QED) is 0.479. The van der Waals surface area contributed by atoms with E-state index in [9.17, 15) is 18.0 Å². The normalized spacial score (nSPS) is 11.2. The van der Waals surface area contributed by atoms with E-state index >= 15 is 0 Å². The molecule has 1 aromatic heterocycles. The highest BCUT2D eigenvalue weighted by atomic mass is 32.2. The number of thiophene rings is 1. The lowest BCUT2D eigenvalue weighted by Gasteiger charge is -2.11. The Morgan fingerprint density at radius 1 is 1.00 bits per heavy atom. The summed E-state index contributed by atoms with van der Waals surface area (Å²) in [6.45, 7) is 3.55. The van der Waals surface area contributed by atoms with Gasteiger partial charge in [-0.2, -0.15) is 0 Å². The van der Waals surface area contributed by atoms with Gasteiger partial charge in [-0.1, -0.05) is 12.1 Å². The molecule has 31 heavy (non-hydrogen) atoms. The molecule has 0 radical (unpaired) electrons. The van der Waals surface area contributed by atoms with Crippen LogP contribution in [0.5, 0.6) is 0 Å². The molecule has 0 saturated carbocycles. The van der Waals surface area contributed by atoms with Crippen molar-refractivity contribution >= 4 is 44.5 Å². The van der Waals surface area contributed by atoms with Crippen LogP contribution in [0.2, 0.25) is 0 Å². The van der Waals surface area contributed by atoms with Crippen LogP contribution in [0.4, 0.5) is 11.4 Å². The fourth-order valence-electron chi connectivity index (χ4n) is 2.86. The minimum absolute atomic E-state index is 0.0964. The lowest BCUT2D eigenvalue weighted by molar-refractivity contribution is -0.114. The molecule has 162 valence electrons. The predicted octanol–water partition coefficient (Wildman–Crippen LogP) is 3.79. The summed E-state index contributed by atoms with van der Waals surface area (Å²) in [4.78, 5) is 25.0. The minimum Gasteiger partial charge on any atom is -0.326 e. The third-order valence-corrected chi connectivity index (χ3v) is 6.89. The number of benzene rings is 2. The molecule has 0 aliphatic heterocycles. The van der Waals surface area contributed by atoms with Crippen molar-refractivity contribution in [3.05, 3.63) is 76.0 Å². The van der Waals surface area contributed by atoms with Gasteiger partial charge in [-0.3, -0.25) is 9.59 Å². The Labute approximate surface area is 185 Å². The van der Waals surface area contributed by atoms with Crippen molar-refractivity contribution in [1.29, 1.82) is 0 Å². The number of aryl methyl sites for hydroxylation is 1. The van der Waals surface area contributed by atoms with Crippen molar-refractivity contribution in [3.63, 3.8) is 0 Å². The van der Waals surface area contributed by atoms with Crippen LogP contribution in [0.15, 0.2) is 64.9 Å². The van der Waals surface area contributed by atoms with Gasteiger partial charge in [-0.25, -0.2) is 13.1 Å². The molecular weight excluding hydrogens is 434 g/mol. The monoisotopic (exact) mass is 457 g/mol. The molecule has 0 spiro atoms. The van der Waals surface area contributed by atoms with Gasteiger partial charge in [0.1, 0.15) is 0 Å². The molecule has 2 aromatic carbocycles. The predicted molar refractivity (Wildman–Crippen MR) is 123 cm³/mol. The Kier molecular flexibility index (Phi) is 7.21. The smallest absolute Gasteiger partial charge is 0.255 e. The molecule has 7 nitrogen and oxygen atoms in total. The second kappa shape index (κ2) is 9.86. The molecule has 3 N–H and O–H groups in total. The minimum atomic E-state index is -3.66. The zero-order chi connectivity index (χ0) is 22.4. The van der Waals surface area contributed by atoms with Gasteiger partial charge in [-0.05, 0) is 66.8 Å². The average molecular weight is 458 g/mol. The lowest BCUT2D eigenvalue weighted by atomic mass is 10.1. The van der Waals surface area contributed by atoms with Gasteiger partial charge >= 0.3 is 0 Å². The number of amides is 2. The molecule has 0 unspecified atom stereocenters. The molecule has 0 aliphatic rings. The van der Waals surface area contributed by atoms with E-state index in [4.69, 9.17) is 0 Å². The molecule has 2 amide bonds. The molecule has 9 heteroatoms. The van der Waals surface area contributed by atoms with Crippen molar-refractivity contribution in [2.75, 3.05) is 17.2 Å². The fraction of sp³-hybridized carbons (Fsp3) is 0.182. The molecule has 0 bridgehead atoms. The van der Waals surface area contributed by atoms with Gasteiger partial charge in [0.15, 0.2) is 0 Å². The summed E-state index contributed by atoms with van der Waals surface area (Å²) < 4.78 is 27.5. The van der Waals surface area contributed by atoms with Gasteiger partial charge < -0.3 is 10.6 Å². The van der Waals surface area contributed by atoms with Crippen LogP contribution in [0.1, 0.15) is 27.7 Å². The highest BCUT2D eigenvalue weighted by Gasteiger charge is 2.15. The first kappa shape index (κ1) is 22.7. The maximum absolute atomic E-state index is 12.6. The largest absolute Gasteiger partial charge is 0.326 e. The molecule has 0 atom stereocenters. The molecule has 0 aliphatic carbocycles. The number of nitrogens with one attached hydrogen (secondary N) is 3. The van der Waals surface area contributed by atoms with Crippen molar-refractivity contribution in [2.24, 2.45) is 0 Å². The Morgan fingerprint density at radius 2 is 1.74 bits per heavy atom. The molecular formula is C22H23N3O4S2. The molecule has 0 saturated heterocycles. The van der Waals surface area contributed by atoms with Gasteiger partial charge in [0.2, 0.25) is 15.9 Å². The van der Waals surface area contributed by atoms with Crippen molar-refractivity contribution in [2.45, 2.75) is 25.2 Å². The van der Waals surface area contributed by atoms with E-state index in [-0.39, 0.29) is 16.7 Å². The van der Waals surface area contributed by atoms with Crippen LogP contribution in [0, 0.1) is 6.92 Å². The number of rotatable bonds is 8. The molecule has 3 rings (SSSR count). The fourth-order valence-corrected chi connectivity index (χ4v) is 4.61. The SMILES string of the molecule is CC(=O)Nc1ccc(C)c(NC(=O)c2ccc(S(=O)(=O)NCCc3cccs3)cc2)c1. The third-order valence-electron chi connectivity index (χ3n) is 4.48. The molecule has 1 heterocycles. The Hall–Kier alpha value is -3.01. The number of hydrogen-bond donors (Lipinski definition) is 3. The topological polar surface area (TPSA) is 104 Å². The van der Waals surface area contributed by atoms with E-state index < -0.39 is 10.0 Å². The number of sulfonamides is 1. The van der Waals surface area contributed by atoms with E-state index in [2.05, 4.69) is 15.4 Å². The van der Waals surface area contributed by atoms with E-state index in [1.54, 1.807) is 29.5 Å². The van der Waals surface area contributed by atoms with Gasteiger partial charge in [0.05, 0.1) is 4.90 Å². The Morgan fingerprint density at radius 3 is 2.39 bits per heavy atom. The van der Waals surface area contributed by atoms with Crippen molar-refractivity contribution in [3.8, 4) is 0 Å². The summed E-state index contributed by atoms with van der Waals surface area (Å²) in [6.07, 6.45) is 0.619. The lowest BCUT2D eigenvalue weighted by Crippen LogP contribution is -2.26. The third kappa shape index (κ3) is 6.24. The van der Waals surface area contributed by atoms with E-state index in [0.717, 1.165) is 10.4 Å². The number of anilines is 2. The maximum Gasteiger partial charge on any atom is 0.255 e. The van der Waals surface area contributed by atoms with Crippen LogP contribution in [-0.4, -0.2) is 26.8 Å². The van der Waals surface area contributed by atoms with E-state index in [1.807, 2.05) is 24.4 Å². The van der Waals surface area contributed by atoms with Crippen LogP contribution >= 0.6 is 11.3 Å². The van der Waals surface area contributed by atoms with E-state index in [0.29, 0.717) is 29.9 Å². The maximum atomic E-state index is 12.6. The first-order valence-corrected chi connectivity index (χ1v) is 11.9. The summed E-state index contributed by atoms with van der Waals surface area (Å²) in [6, 6.07) is 14.8. The standard InChI is InChI=1S/C22H23N3O4S2/c1-15-5-8-18(24-16(2)26)14-21(15)25-22(27)17-6-9-20(10-7-17)31(28,29)23-12-11-19-4-3-13-30-19/h3-10,13-14,23H,11-12H2,1-2H3,(H,24,26)(H,25,27). The van der Waals surface area contributed by atoms with Crippen molar-refractivity contribution < 1.29 is 18.0 Å². The zero-order valence-electron chi connectivity index (χ0n) is 17.1. The number of carbonyl (C=O) groups is 2. The van der Waals surface area contributed by atoms with Gasteiger partial charge in [-0.15, -0.1) is 11.3 Å². The first-order valence-electron chi connectivity index (χ1n) is 9.56. The first-order chi connectivity index (χ1) is 14.7. The second-order valence-electron chi connectivity index (χ2n) is 6.92. The summed E-state index contributed by atoms with van der Waals surface area (Å²) in [5, 5.41) is 7.42. The average Bonchev–Trinajstić information content (AvgIpc) is 3.23. The number of carbonyl (C=O) groups excluding carboxylic acids is 2. The van der Waals surface area contributed by atoms with Crippen LogP contribution in [0.25, 0.3) is 0 Å². The highest BCUT2D eigenvalue weighted by molar-refractivity contribution is 7.89. The Balaban J connectivity index is 1.65. The van der Waals surface area contributed by atoms with Gasteiger partial charge in [0, 0.05) is 35.3 Å². The van der Waals surface area contributed by atoms with Crippen molar-refractivity contribution in [1.82, 2.24) is 4.72 Å². The van der Waals surface area contributed by atoms with Crippen LogP contribution in [0.3, 0.4) is 0 Å². The highest BCUT2D eigenvalue weighted by Crippen LogP contribution is 2.21. The van der Waals surface area contributed by atoms with Crippen LogP contribution in [-0.2, 0) is 21.2 Å². The summed E-state index contributed by atoms with van der Waals surface area (Å²) in [7, 11) is -3.66.